The first-order valence-electron chi connectivity index (χ1n) is 6.72. The van der Waals surface area contributed by atoms with Crippen molar-refractivity contribution >= 4 is 11.8 Å². The maximum atomic E-state index is 13.0. The van der Waals surface area contributed by atoms with Gasteiger partial charge in [-0.3, -0.25) is 4.68 Å². The summed E-state index contributed by atoms with van der Waals surface area (Å²) < 4.78 is 14.8. The minimum absolute atomic E-state index is 0.144. The van der Waals surface area contributed by atoms with Crippen LogP contribution in [0.25, 0.3) is 0 Å². The summed E-state index contributed by atoms with van der Waals surface area (Å²) in [7, 11) is 1.93. The molecule has 1 aromatic heterocycles. The smallest absolute Gasteiger partial charge is 0.123 e. The van der Waals surface area contributed by atoms with E-state index in [4.69, 9.17) is 5.73 Å². The largest absolute Gasteiger partial charge is 0.327 e. The Hall–Kier alpha value is -1.33. The fourth-order valence-corrected chi connectivity index (χ4v) is 3.09. The third-order valence-corrected chi connectivity index (χ3v) is 4.52. The lowest BCUT2D eigenvalue weighted by atomic mass is 10.1. The Morgan fingerprint density at radius 1 is 1.35 bits per heavy atom. The summed E-state index contributed by atoms with van der Waals surface area (Å²) in [6.45, 7) is 4.09. The van der Waals surface area contributed by atoms with Gasteiger partial charge in [-0.05, 0) is 44.0 Å². The Kier molecular flexibility index (Phi) is 4.83. The van der Waals surface area contributed by atoms with Crippen LogP contribution in [-0.2, 0) is 13.5 Å². The number of benzene rings is 1. The highest BCUT2D eigenvalue weighted by atomic mass is 32.2. The molecule has 2 N–H and O–H groups in total. The average Bonchev–Trinajstić information content (AvgIpc) is 2.68. The Morgan fingerprint density at radius 2 is 2.00 bits per heavy atom. The molecular weight excluding hydrogens is 273 g/mol. The highest BCUT2D eigenvalue weighted by Gasteiger charge is 2.16. The maximum absolute atomic E-state index is 13.0. The van der Waals surface area contributed by atoms with Crippen LogP contribution >= 0.6 is 11.8 Å². The number of nitrogens with zero attached hydrogens (tertiary/aromatic N) is 2. The quantitative estimate of drug-likeness (QED) is 0.920. The van der Waals surface area contributed by atoms with E-state index in [0.717, 1.165) is 28.5 Å². The van der Waals surface area contributed by atoms with Crippen LogP contribution in [0.1, 0.15) is 24.6 Å². The molecule has 1 unspecified atom stereocenters. The lowest BCUT2D eigenvalue weighted by molar-refractivity contribution is 0.626. The summed E-state index contributed by atoms with van der Waals surface area (Å²) in [6.07, 6.45) is 1.76. The molecule has 0 saturated heterocycles. The molecule has 5 heteroatoms. The number of rotatable bonds is 5. The molecule has 0 saturated carbocycles. The zero-order valence-corrected chi connectivity index (χ0v) is 12.9. The van der Waals surface area contributed by atoms with Crippen molar-refractivity contribution < 1.29 is 4.39 Å². The maximum Gasteiger partial charge on any atom is 0.123 e. The van der Waals surface area contributed by atoms with Gasteiger partial charge in [0.2, 0.25) is 0 Å². The Labute approximate surface area is 123 Å². The van der Waals surface area contributed by atoms with Crippen molar-refractivity contribution in [3.05, 3.63) is 41.3 Å². The number of nitrogens with two attached hydrogens (primary N) is 1. The molecule has 0 fully saturated rings. The Bertz CT molecular complexity index is 578. The third kappa shape index (κ3) is 3.41. The lowest BCUT2D eigenvalue weighted by Gasteiger charge is -2.10. The molecule has 2 rings (SSSR count). The number of aryl methyl sites for hydroxylation is 2. The summed E-state index contributed by atoms with van der Waals surface area (Å²) in [5, 5.41) is 5.56. The minimum Gasteiger partial charge on any atom is -0.327 e. The summed E-state index contributed by atoms with van der Waals surface area (Å²) in [5.41, 5.74) is 8.28. The van der Waals surface area contributed by atoms with E-state index in [0.29, 0.717) is 0 Å². The highest BCUT2D eigenvalue weighted by molar-refractivity contribution is 7.99. The SMILES string of the molecule is CCC(N)Cc1c(C)nn(C)c1Sc1ccc(F)cc1. The number of hydrogen-bond acceptors (Lipinski definition) is 3. The van der Waals surface area contributed by atoms with Crippen molar-refractivity contribution in [2.45, 2.75) is 42.7 Å². The number of hydrogen-bond donors (Lipinski definition) is 1. The van der Waals surface area contributed by atoms with E-state index in [1.54, 1.807) is 23.9 Å². The molecule has 1 atom stereocenters. The second-order valence-corrected chi connectivity index (χ2v) is 5.98. The van der Waals surface area contributed by atoms with Gasteiger partial charge in [0.1, 0.15) is 10.8 Å². The minimum atomic E-state index is -0.219. The van der Waals surface area contributed by atoms with Crippen LogP contribution in [0.15, 0.2) is 34.2 Å². The van der Waals surface area contributed by atoms with Gasteiger partial charge >= 0.3 is 0 Å². The first kappa shape index (κ1) is 15.1. The molecule has 0 amide bonds. The zero-order chi connectivity index (χ0) is 14.7. The van der Waals surface area contributed by atoms with Gasteiger partial charge in [-0.1, -0.05) is 18.7 Å². The highest BCUT2D eigenvalue weighted by Crippen LogP contribution is 2.32. The molecule has 0 aliphatic carbocycles. The molecule has 0 aliphatic rings. The average molecular weight is 293 g/mol. The Morgan fingerprint density at radius 3 is 2.60 bits per heavy atom. The van der Waals surface area contributed by atoms with E-state index in [1.807, 2.05) is 18.7 Å². The van der Waals surface area contributed by atoms with E-state index < -0.39 is 0 Å². The Balaban J connectivity index is 2.28. The van der Waals surface area contributed by atoms with Crippen LogP contribution in [0.5, 0.6) is 0 Å². The first-order chi connectivity index (χ1) is 9.51. The van der Waals surface area contributed by atoms with Gasteiger partial charge in [0, 0.05) is 23.5 Å². The van der Waals surface area contributed by atoms with Crippen LogP contribution in [0.2, 0.25) is 0 Å². The van der Waals surface area contributed by atoms with Gasteiger partial charge in [0.15, 0.2) is 0 Å². The molecule has 0 radical (unpaired) electrons. The van der Waals surface area contributed by atoms with Crippen molar-refractivity contribution in [3.8, 4) is 0 Å². The predicted molar refractivity (Wildman–Crippen MR) is 80.4 cm³/mol. The second kappa shape index (κ2) is 6.41. The van der Waals surface area contributed by atoms with E-state index in [-0.39, 0.29) is 11.9 Å². The van der Waals surface area contributed by atoms with Crippen molar-refractivity contribution in [2.75, 3.05) is 0 Å². The normalized spacial score (nSPS) is 12.7. The summed E-state index contributed by atoms with van der Waals surface area (Å²) in [5.74, 6) is -0.219. The fourth-order valence-electron chi connectivity index (χ4n) is 2.06. The monoisotopic (exact) mass is 293 g/mol. The third-order valence-electron chi connectivity index (χ3n) is 3.31. The molecule has 2 aromatic rings. The summed E-state index contributed by atoms with van der Waals surface area (Å²) in [6, 6.07) is 6.66. The predicted octanol–water partition coefficient (Wildman–Crippen LogP) is 3.30. The molecule has 0 bridgehead atoms. The molecule has 20 heavy (non-hydrogen) atoms. The molecule has 0 spiro atoms. The van der Waals surface area contributed by atoms with E-state index in [9.17, 15) is 4.39 Å². The summed E-state index contributed by atoms with van der Waals surface area (Å²) in [4.78, 5) is 1.00. The van der Waals surface area contributed by atoms with Gasteiger partial charge < -0.3 is 5.73 Å². The van der Waals surface area contributed by atoms with Crippen LogP contribution in [0.4, 0.5) is 4.39 Å². The van der Waals surface area contributed by atoms with E-state index in [2.05, 4.69) is 12.0 Å². The van der Waals surface area contributed by atoms with E-state index in [1.165, 1.54) is 17.7 Å². The first-order valence-corrected chi connectivity index (χ1v) is 7.54. The van der Waals surface area contributed by atoms with Crippen LogP contribution in [0.3, 0.4) is 0 Å². The van der Waals surface area contributed by atoms with Crippen molar-refractivity contribution in [1.82, 2.24) is 9.78 Å². The molecule has 1 aromatic carbocycles. The topological polar surface area (TPSA) is 43.8 Å². The summed E-state index contributed by atoms with van der Waals surface area (Å²) >= 11 is 1.60. The number of aromatic nitrogens is 2. The van der Waals surface area contributed by atoms with Gasteiger partial charge in [0.05, 0.1) is 5.69 Å². The fraction of sp³-hybridized carbons (Fsp3) is 0.400. The lowest BCUT2D eigenvalue weighted by Crippen LogP contribution is -2.21. The standard InChI is InChI=1S/C15H20FN3S/c1-4-12(17)9-14-10(2)18-19(3)15(14)20-13-7-5-11(16)6-8-13/h5-8,12H,4,9,17H2,1-3H3. The van der Waals surface area contributed by atoms with E-state index >= 15 is 0 Å². The van der Waals surface area contributed by atoms with Crippen molar-refractivity contribution in [2.24, 2.45) is 12.8 Å². The van der Waals surface area contributed by atoms with Crippen LogP contribution in [0, 0.1) is 12.7 Å². The van der Waals surface area contributed by atoms with Crippen LogP contribution < -0.4 is 5.73 Å². The molecule has 1 heterocycles. The van der Waals surface area contributed by atoms with Gasteiger partial charge in [0.25, 0.3) is 0 Å². The van der Waals surface area contributed by atoms with Gasteiger partial charge in [-0.15, -0.1) is 0 Å². The molecule has 0 aliphatic heterocycles. The molecule has 108 valence electrons. The molecule has 3 nitrogen and oxygen atoms in total. The van der Waals surface area contributed by atoms with Crippen LogP contribution in [-0.4, -0.2) is 15.8 Å². The zero-order valence-electron chi connectivity index (χ0n) is 12.1. The van der Waals surface area contributed by atoms with Crippen molar-refractivity contribution in [3.63, 3.8) is 0 Å². The van der Waals surface area contributed by atoms with Gasteiger partial charge in [-0.2, -0.15) is 5.10 Å². The second-order valence-electron chi connectivity index (χ2n) is 4.92. The number of halogens is 1. The van der Waals surface area contributed by atoms with Crippen molar-refractivity contribution in [1.29, 1.82) is 0 Å². The van der Waals surface area contributed by atoms with Gasteiger partial charge in [-0.25, -0.2) is 4.39 Å². The molecular formula is C15H20FN3S.